The maximum atomic E-state index is 13.3. The summed E-state index contributed by atoms with van der Waals surface area (Å²) in [4.78, 5) is 26.5. The molecule has 0 aliphatic carbocycles. The fourth-order valence-electron chi connectivity index (χ4n) is 3.53. The molecule has 31 heavy (non-hydrogen) atoms. The lowest BCUT2D eigenvalue weighted by molar-refractivity contribution is 0.102. The van der Waals surface area contributed by atoms with Gasteiger partial charge in [0.1, 0.15) is 11.4 Å². The summed E-state index contributed by atoms with van der Waals surface area (Å²) in [6.45, 7) is 1.82. The molecule has 0 saturated carbocycles. The Morgan fingerprint density at radius 1 is 1.06 bits per heavy atom. The Morgan fingerprint density at radius 2 is 1.84 bits per heavy atom. The number of nitrogen functional groups attached to an aromatic ring is 1. The van der Waals surface area contributed by atoms with Gasteiger partial charge in [-0.15, -0.1) is 0 Å². The van der Waals surface area contributed by atoms with Gasteiger partial charge in [-0.05, 0) is 48.9 Å². The fraction of sp³-hybridized carbons (Fsp3) is 0.0833. The molecule has 0 bridgehead atoms. The third kappa shape index (κ3) is 3.62. The number of nitrogens with one attached hydrogen (secondary N) is 1. The first-order valence-electron chi connectivity index (χ1n) is 9.56. The van der Waals surface area contributed by atoms with Crippen LogP contribution in [-0.4, -0.2) is 23.2 Å². The van der Waals surface area contributed by atoms with E-state index in [9.17, 15) is 9.59 Å². The minimum Gasteiger partial charge on any atom is -0.497 e. The van der Waals surface area contributed by atoms with E-state index in [0.717, 1.165) is 5.56 Å². The first-order valence-corrected chi connectivity index (χ1v) is 9.94. The molecule has 2 aromatic heterocycles. The predicted octanol–water partition coefficient (Wildman–Crippen LogP) is 4.98. The minimum atomic E-state index is -0.420. The SMILES string of the molecule is COc1cccc(C(=O)c2c(N)c(C(=O)Nc3cccc(Cl)c3C)c3ccccn23)c1. The molecule has 0 radical (unpaired) electrons. The number of hydrogen-bond donors (Lipinski definition) is 2. The van der Waals surface area contributed by atoms with Crippen molar-refractivity contribution in [1.29, 1.82) is 0 Å². The van der Waals surface area contributed by atoms with E-state index in [1.54, 1.807) is 71.3 Å². The highest BCUT2D eigenvalue weighted by Crippen LogP contribution is 2.31. The first kappa shape index (κ1) is 20.5. The lowest BCUT2D eigenvalue weighted by Crippen LogP contribution is -2.15. The second-order valence-corrected chi connectivity index (χ2v) is 7.43. The van der Waals surface area contributed by atoms with Crippen molar-refractivity contribution in [1.82, 2.24) is 4.40 Å². The molecule has 0 spiro atoms. The number of pyridine rings is 1. The molecule has 6 nitrogen and oxygen atoms in total. The van der Waals surface area contributed by atoms with Gasteiger partial charge in [-0.25, -0.2) is 0 Å². The normalized spacial score (nSPS) is 10.8. The number of ether oxygens (including phenoxy) is 1. The first-order chi connectivity index (χ1) is 14.9. The molecule has 0 aliphatic heterocycles. The number of carbonyl (C=O) groups is 2. The summed E-state index contributed by atoms with van der Waals surface area (Å²) in [5.41, 5.74) is 9.20. The molecule has 0 unspecified atom stereocenters. The number of halogens is 1. The maximum Gasteiger partial charge on any atom is 0.259 e. The second-order valence-electron chi connectivity index (χ2n) is 7.02. The molecule has 2 aromatic carbocycles. The number of nitrogens with zero attached hydrogens (tertiary/aromatic N) is 1. The maximum absolute atomic E-state index is 13.3. The highest BCUT2D eigenvalue weighted by atomic mass is 35.5. The number of anilines is 2. The summed E-state index contributed by atoms with van der Waals surface area (Å²) in [7, 11) is 1.53. The van der Waals surface area contributed by atoms with Gasteiger partial charge in [0, 0.05) is 22.5 Å². The van der Waals surface area contributed by atoms with Crippen LogP contribution in [0.5, 0.6) is 5.75 Å². The van der Waals surface area contributed by atoms with Crippen LogP contribution < -0.4 is 15.8 Å². The zero-order valence-electron chi connectivity index (χ0n) is 17.0. The fourth-order valence-corrected chi connectivity index (χ4v) is 3.70. The molecule has 4 aromatic rings. The van der Waals surface area contributed by atoms with E-state index < -0.39 is 5.91 Å². The minimum absolute atomic E-state index is 0.108. The molecule has 156 valence electrons. The summed E-state index contributed by atoms with van der Waals surface area (Å²) >= 11 is 6.17. The summed E-state index contributed by atoms with van der Waals surface area (Å²) in [6.07, 6.45) is 1.71. The largest absolute Gasteiger partial charge is 0.497 e. The molecule has 2 heterocycles. The van der Waals surface area contributed by atoms with Crippen molar-refractivity contribution in [3.05, 3.63) is 94.3 Å². The van der Waals surface area contributed by atoms with Crippen LogP contribution in [0.15, 0.2) is 66.9 Å². The third-order valence-electron chi connectivity index (χ3n) is 5.17. The Morgan fingerprint density at radius 3 is 2.61 bits per heavy atom. The molecule has 0 saturated heterocycles. The quantitative estimate of drug-likeness (QED) is 0.435. The van der Waals surface area contributed by atoms with E-state index >= 15 is 0 Å². The standard InChI is InChI=1S/C24H20ClN3O3/c1-14-17(25)9-6-10-18(14)27-24(30)20-19-11-3-4-12-28(19)22(21(20)26)23(29)15-7-5-8-16(13-15)31-2/h3-13H,26H2,1-2H3,(H,27,30). The van der Waals surface area contributed by atoms with Crippen LogP contribution >= 0.6 is 11.6 Å². The highest BCUT2D eigenvalue weighted by Gasteiger charge is 2.26. The Labute approximate surface area is 184 Å². The van der Waals surface area contributed by atoms with Gasteiger partial charge >= 0.3 is 0 Å². The van der Waals surface area contributed by atoms with Crippen molar-refractivity contribution in [3.63, 3.8) is 0 Å². The van der Waals surface area contributed by atoms with E-state index in [4.69, 9.17) is 22.1 Å². The predicted molar refractivity (Wildman–Crippen MR) is 122 cm³/mol. The summed E-state index contributed by atoms with van der Waals surface area (Å²) in [6, 6.07) is 17.4. The molecule has 4 rings (SSSR count). The number of nitrogens with two attached hydrogens (primary N) is 1. The van der Waals surface area contributed by atoms with Crippen molar-refractivity contribution < 1.29 is 14.3 Å². The van der Waals surface area contributed by atoms with Crippen molar-refractivity contribution in [2.24, 2.45) is 0 Å². The van der Waals surface area contributed by atoms with Crippen LogP contribution in [0.25, 0.3) is 5.52 Å². The average Bonchev–Trinajstić information content (AvgIpc) is 3.08. The molecule has 0 aliphatic rings. The zero-order chi connectivity index (χ0) is 22.1. The van der Waals surface area contributed by atoms with Crippen molar-refractivity contribution in [2.75, 3.05) is 18.2 Å². The summed E-state index contributed by atoms with van der Waals surface area (Å²) < 4.78 is 6.86. The number of rotatable bonds is 5. The van der Waals surface area contributed by atoms with E-state index in [1.165, 1.54) is 7.11 Å². The third-order valence-corrected chi connectivity index (χ3v) is 5.58. The Bertz CT molecular complexity index is 1330. The van der Waals surface area contributed by atoms with E-state index in [2.05, 4.69) is 5.32 Å². The van der Waals surface area contributed by atoms with Gasteiger partial charge in [0.25, 0.3) is 5.91 Å². The van der Waals surface area contributed by atoms with Crippen LogP contribution in [0, 0.1) is 6.92 Å². The highest BCUT2D eigenvalue weighted by molar-refractivity contribution is 6.32. The number of benzene rings is 2. The molecule has 3 N–H and O–H groups in total. The number of carbonyl (C=O) groups excluding carboxylic acids is 2. The molecule has 1 amide bonds. The van der Waals surface area contributed by atoms with Crippen molar-refractivity contribution in [2.45, 2.75) is 6.92 Å². The lowest BCUT2D eigenvalue weighted by Gasteiger charge is -2.09. The number of hydrogen-bond acceptors (Lipinski definition) is 4. The van der Waals surface area contributed by atoms with Crippen LogP contribution in [0.1, 0.15) is 32.0 Å². The Hall–Kier alpha value is -3.77. The zero-order valence-corrected chi connectivity index (χ0v) is 17.7. The van der Waals surface area contributed by atoms with E-state index in [0.29, 0.717) is 27.5 Å². The molecule has 7 heteroatoms. The van der Waals surface area contributed by atoms with Crippen LogP contribution in [0.4, 0.5) is 11.4 Å². The smallest absolute Gasteiger partial charge is 0.259 e. The number of ketones is 1. The van der Waals surface area contributed by atoms with E-state index in [1.807, 2.05) is 6.92 Å². The van der Waals surface area contributed by atoms with Gasteiger partial charge in [0.15, 0.2) is 0 Å². The molecule has 0 fully saturated rings. The Balaban J connectivity index is 1.82. The number of methoxy groups -OCH3 is 1. The van der Waals surface area contributed by atoms with Crippen LogP contribution in [0.2, 0.25) is 5.02 Å². The van der Waals surface area contributed by atoms with Gasteiger partial charge in [-0.2, -0.15) is 0 Å². The summed E-state index contributed by atoms with van der Waals surface area (Å²) in [5, 5.41) is 3.41. The van der Waals surface area contributed by atoms with E-state index in [-0.39, 0.29) is 22.7 Å². The van der Waals surface area contributed by atoms with Gasteiger partial charge in [-0.1, -0.05) is 35.9 Å². The number of amides is 1. The lowest BCUT2D eigenvalue weighted by atomic mass is 10.1. The van der Waals surface area contributed by atoms with Gasteiger partial charge in [0.05, 0.1) is 23.9 Å². The van der Waals surface area contributed by atoms with Gasteiger partial charge in [-0.3, -0.25) is 9.59 Å². The average molecular weight is 434 g/mol. The summed E-state index contributed by atoms with van der Waals surface area (Å²) in [5.74, 6) is -0.175. The second kappa shape index (κ2) is 8.16. The van der Waals surface area contributed by atoms with Crippen molar-refractivity contribution >= 4 is 40.2 Å². The topological polar surface area (TPSA) is 85.8 Å². The monoisotopic (exact) mass is 433 g/mol. The van der Waals surface area contributed by atoms with Crippen LogP contribution in [-0.2, 0) is 0 Å². The molecule has 0 atom stereocenters. The number of fused-ring (bicyclic) bond motifs is 1. The molecular weight excluding hydrogens is 414 g/mol. The Kier molecular flexibility index (Phi) is 5.40. The van der Waals surface area contributed by atoms with Crippen LogP contribution in [0.3, 0.4) is 0 Å². The van der Waals surface area contributed by atoms with Gasteiger partial charge in [0.2, 0.25) is 5.78 Å². The molecular formula is C24H20ClN3O3. The number of aromatic nitrogens is 1. The van der Waals surface area contributed by atoms with Crippen molar-refractivity contribution in [3.8, 4) is 5.75 Å². The van der Waals surface area contributed by atoms with Gasteiger partial charge < -0.3 is 20.2 Å².